The van der Waals surface area contributed by atoms with E-state index in [4.69, 9.17) is 0 Å². The predicted molar refractivity (Wildman–Crippen MR) is 177 cm³/mol. The molecule has 0 bridgehead atoms. The van der Waals surface area contributed by atoms with E-state index in [1.165, 1.54) is 46.9 Å². The summed E-state index contributed by atoms with van der Waals surface area (Å²) >= 11 is 0. The van der Waals surface area contributed by atoms with Gasteiger partial charge in [-0.15, -0.1) is 0 Å². The number of rotatable bonds is 0. The van der Waals surface area contributed by atoms with Crippen molar-refractivity contribution >= 4 is 0 Å². The summed E-state index contributed by atoms with van der Waals surface area (Å²) in [7, 11) is 0. The molecule has 3 aliphatic rings. The molecule has 1 aliphatic carbocycles. The molecule has 2 heterocycles. The van der Waals surface area contributed by atoms with Crippen molar-refractivity contribution in [3.8, 4) is 0 Å². The number of nitrogens with zero attached hydrogens (tertiary/aromatic N) is 3. The van der Waals surface area contributed by atoms with Crippen LogP contribution in [0, 0.1) is 11.8 Å². The third kappa shape index (κ3) is 8.13. The van der Waals surface area contributed by atoms with Gasteiger partial charge in [-0.3, -0.25) is 0 Å². The van der Waals surface area contributed by atoms with Crippen LogP contribution in [0.2, 0.25) is 0 Å². The Morgan fingerprint density at radius 2 is 0.927 bits per heavy atom. The van der Waals surface area contributed by atoms with Gasteiger partial charge in [-0.1, -0.05) is 59.4 Å². The molecule has 2 unspecified atom stereocenters. The maximum Gasteiger partial charge on any atom is 0.0665 e. The molecule has 0 spiro atoms. The van der Waals surface area contributed by atoms with Gasteiger partial charge < -0.3 is 15.6 Å². The van der Waals surface area contributed by atoms with Crippen LogP contribution in [0.25, 0.3) is 0 Å². The molecule has 0 amide bonds. The van der Waals surface area contributed by atoms with Crippen LogP contribution in [0.5, 0.6) is 0 Å². The summed E-state index contributed by atoms with van der Waals surface area (Å²) in [5.41, 5.74) is 1.44. The second kappa shape index (κ2) is 13.7. The Morgan fingerprint density at radius 3 is 1.17 bits per heavy atom. The van der Waals surface area contributed by atoms with Gasteiger partial charge in [0.2, 0.25) is 0 Å². The van der Waals surface area contributed by atoms with Crippen molar-refractivity contribution in [3.05, 3.63) is 35.4 Å². The zero-order valence-electron chi connectivity index (χ0n) is 27.0. The first-order chi connectivity index (χ1) is 16.9. The highest BCUT2D eigenvalue weighted by Gasteiger charge is 2.58. The van der Waals surface area contributed by atoms with Crippen LogP contribution in [0.3, 0.4) is 0 Å². The third-order valence-corrected chi connectivity index (χ3v) is 9.25. The second-order valence-corrected chi connectivity index (χ2v) is 15.7. The van der Waals surface area contributed by atoms with E-state index < -0.39 is 0 Å². The first-order valence-electron chi connectivity index (χ1n) is 14.5. The molecule has 41 heavy (non-hydrogen) atoms. The first-order valence-corrected chi connectivity index (χ1v) is 14.5. The minimum absolute atomic E-state index is 0. The van der Waals surface area contributed by atoms with Crippen LogP contribution >= 0.6 is 0 Å². The van der Waals surface area contributed by atoms with Gasteiger partial charge in [-0.2, -0.15) is 15.2 Å². The van der Waals surface area contributed by atoms with Crippen molar-refractivity contribution in [1.29, 1.82) is 0 Å². The van der Waals surface area contributed by atoms with Crippen LogP contribution in [-0.4, -0.2) is 53.0 Å². The van der Waals surface area contributed by atoms with Crippen molar-refractivity contribution < 1.29 is 15.6 Å². The second-order valence-electron chi connectivity index (χ2n) is 15.7. The molecule has 1 aromatic rings. The molecule has 1 aromatic carbocycles. The lowest BCUT2D eigenvalue weighted by Crippen LogP contribution is -2.50. The smallest absolute Gasteiger partial charge is 0.0665 e. The SMILES string of the molecule is C.C.C.CC(C)(C)N(O)C(C)(C)C.CC1(C)C2CCCCC2C(C)(C)N1O.CC1(C)c2ccccc2C(C)(C)N1O. The van der Waals surface area contributed by atoms with E-state index in [-0.39, 0.29) is 55.5 Å². The van der Waals surface area contributed by atoms with E-state index in [0.717, 1.165) is 0 Å². The topological polar surface area (TPSA) is 70.4 Å². The standard InChI is InChI=1S/C12H23NO.C12H17NO.C8H19NO.3CH4/c2*1-11(2)9-7-5-6-8-10(9)12(3,4)13(11)14;1-7(2,3)9(10)8(4,5)6;;;/h9-10,14H,5-8H2,1-4H3;5-8,14H,1-4H3;10H,1-6H3;3*1H4. The Labute approximate surface area is 256 Å². The van der Waals surface area contributed by atoms with Gasteiger partial charge in [-0.05, 0) is 133 Å². The van der Waals surface area contributed by atoms with Crippen molar-refractivity contribution in [2.24, 2.45) is 11.8 Å². The van der Waals surface area contributed by atoms with Gasteiger partial charge in [0, 0.05) is 22.2 Å². The van der Waals surface area contributed by atoms with Gasteiger partial charge in [0.1, 0.15) is 0 Å². The molecule has 0 aromatic heterocycles. The number of hydrogen-bond donors (Lipinski definition) is 3. The van der Waals surface area contributed by atoms with E-state index in [9.17, 15) is 15.6 Å². The lowest BCUT2D eigenvalue weighted by atomic mass is 9.69. The molecular weight excluding hydrogens is 510 g/mol. The van der Waals surface area contributed by atoms with Gasteiger partial charge in [0.25, 0.3) is 0 Å². The normalized spacial score (nSPS) is 25.5. The summed E-state index contributed by atoms with van der Waals surface area (Å²) in [4.78, 5) is 0. The van der Waals surface area contributed by atoms with Crippen molar-refractivity contribution in [2.75, 3.05) is 0 Å². The Morgan fingerprint density at radius 1 is 0.634 bits per heavy atom. The predicted octanol–water partition coefficient (Wildman–Crippen LogP) is 10.1. The Kier molecular flexibility index (Phi) is 14.1. The highest BCUT2D eigenvalue weighted by Crippen LogP contribution is 2.54. The molecule has 2 fully saturated rings. The van der Waals surface area contributed by atoms with E-state index in [1.807, 2.05) is 81.4 Å². The fraction of sp³-hybridized carbons (Fsp3) is 0.829. The van der Waals surface area contributed by atoms with Gasteiger partial charge in [-0.25, -0.2) is 0 Å². The molecule has 0 radical (unpaired) electrons. The average molecular weight is 582 g/mol. The number of hydroxylamine groups is 6. The molecular formula is C35H71N3O3. The van der Waals surface area contributed by atoms with Crippen LogP contribution in [-0.2, 0) is 11.1 Å². The Balaban J connectivity index is 0. The fourth-order valence-electron chi connectivity index (χ4n) is 7.36. The third-order valence-electron chi connectivity index (χ3n) is 9.25. The van der Waals surface area contributed by atoms with Crippen molar-refractivity contribution in [1.82, 2.24) is 15.2 Å². The van der Waals surface area contributed by atoms with Crippen molar-refractivity contribution in [2.45, 2.75) is 178 Å². The maximum absolute atomic E-state index is 10.2. The molecule has 3 N–H and O–H groups in total. The lowest BCUT2D eigenvalue weighted by Gasteiger charge is -2.39. The molecule has 2 aliphatic heterocycles. The summed E-state index contributed by atoms with van der Waals surface area (Å²) in [6.07, 6.45) is 5.26. The molecule has 244 valence electrons. The monoisotopic (exact) mass is 582 g/mol. The minimum atomic E-state index is -0.292. The van der Waals surface area contributed by atoms with E-state index in [0.29, 0.717) is 11.8 Å². The maximum atomic E-state index is 10.2. The first kappa shape index (κ1) is 42.1. The number of hydrogen-bond acceptors (Lipinski definition) is 6. The molecule has 6 nitrogen and oxygen atoms in total. The summed E-state index contributed by atoms with van der Waals surface area (Å²) in [6.45, 7) is 28.8. The highest BCUT2D eigenvalue weighted by molar-refractivity contribution is 5.42. The van der Waals surface area contributed by atoms with Crippen molar-refractivity contribution in [3.63, 3.8) is 0 Å². The molecule has 1 saturated heterocycles. The van der Waals surface area contributed by atoms with Crippen LogP contribution < -0.4 is 0 Å². The summed E-state index contributed by atoms with van der Waals surface area (Å²) in [6, 6.07) is 8.23. The van der Waals surface area contributed by atoms with Crippen LogP contribution in [0.15, 0.2) is 24.3 Å². The number of fused-ring (bicyclic) bond motifs is 2. The zero-order valence-corrected chi connectivity index (χ0v) is 27.0. The van der Waals surface area contributed by atoms with Gasteiger partial charge in [0.05, 0.1) is 11.1 Å². The number of benzene rings is 1. The summed E-state index contributed by atoms with van der Waals surface area (Å²) in [5.74, 6) is 1.35. The lowest BCUT2D eigenvalue weighted by molar-refractivity contribution is -0.216. The summed E-state index contributed by atoms with van der Waals surface area (Å²) < 4.78 is 0. The van der Waals surface area contributed by atoms with Gasteiger partial charge in [0.15, 0.2) is 0 Å². The molecule has 1 saturated carbocycles. The molecule has 2 atom stereocenters. The fourth-order valence-corrected chi connectivity index (χ4v) is 7.36. The average Bonchev–Trinajstić information content (AvgIpc) is 3.04. The quantitative estimate of drug-likeness (QED) is 0.265. The van der Waals surface area contributed by atoms with Crippen LogP contribution in [0.1, 0.15) is 156 Å². The largest absolute Gasteiger partial charge is 0.313 e. The van der Waals surface area contributed by atoms with E-state index >= 15 is 0 Å². The highest BCUT2D eigenvalue weighted by atomic mass is 16.5. The Bertz CT molecular complexity index is 868. The molecule has 6 heteroatoms. The summed E-state index contributed by atoms with van der Waals surface area (Å²) in [5, 5.41) is 34.4. The van der Waals surface area contributed by atoms with Crippen LogP contribution in [0.4, 0.5) is 0 Å². The zero-order chi connectivity index (χ0) is 29.7. The van der Waals surface area contributed by atoms with Gasteiger partial charge >= 0.3 is 0 Å². The minimum Gasteiger partial charge on any atom is -0.313 e. The molecule has 4 rings (SSSR count). The Hall–Kier alpha value is -1.02. The van der Waals surface area contributed by atoms with E-state index in [1.54, 1.807) is 5.06 Å². The van der Waals surface area contributed by atoms with E-state index in [2.05, 4.69) is 39.8 Å².